The normalized spacial score (nSPS) is 12.9. The number of esters is 1. The molecule has 0 saturated carbocycles. The molecular weight excluding hydrogens is 372 g/mol. The van der Waals surface area contributed by atoms with Gasteiger partial charge in [-0.15, -0.1) is 0 Å². The van der Waals surface area contributed by atoms with E-state index in [2.05, 4.69) is 31.3 Å². The highest BCUT2D eigenvalue weighted by Crippen LogP contribution is 2.27. The lowest BCUT2D eigenvalue weighted by atomic mass is 10.1. The van der Waals surface area contributed by atoms with Gasteiger partial charge in [0.2, 0.25) is 0 Å². The third-order valence-electron chi connectivity index (χ3n) is 3.11. The summed E-state index contributed by atoms with van der Waals surface area (Å²) in [6.07, 6.45) is 0. The van der Waals surface area contributed by atoms with Crippen LogP contribution in [-0.2, 0) is 9.53 Å². The van der Waals surface area contributed by atoms with Crippen molar-refractivity contribution in [3.05, 3.63) is 27.7 Å². The summed E-state index contributed by atoms with van der Waals surface area (Å²) in [5.41, 5.74) is -0.987. The lowest BCUT2D eigenvalue weighted by Gasteiger charge is -2.19. The first kappa shape index (κ1) is 18.9. The van der Waals surface area contributed by atoms with Gasteiger partial charge in [0.05, 0.1) is 19.2 Å². The van der Waals surface area contributed by atoms with E-state index in [4.69, 9.17) is 5.11 Å². The van der Waals surface area contributed by atoms with Crippen molar-refractivity contribution in [3.63, 3.8) is 0 Å². The van der Waals surface area contributed by atoms with Gasteiger partial charge in [-0.3, -0.25) is 0 Å². The number of hydrogen-bond acceptors (Lipinski definition) is 5. The molecule has 0 bridgehead atoms. The standard InChI is InChI=1S/C14H17BrN2O6/c1-7-9(5-4-8(15)10(7)11(18)23-3)17-13(21)16-6-14(2,22)12(19)20/h4-5,22H,6H2,1-3H3,(H,19,20)(H2,16,17,21). The van der Waals surface area contributed by atoms with Crippen molar-refractivity contribution in [2.24, 2.45) is 0 Å². The molecule has 1 aromatic rings. The van der Waals surface area contributed by atoms with Crippen molar-refractivity contribution in [2.75, 3.05) is 19.0 Å². The van der Waals surface area contributed by atoms with Crippen LogP contribution in [0.15, 0.2) is 16.6 Å². The zero-order valence-corrected chi connectivity index (χ0v) is 14.4. The maximum absolute atomic E-state index is 11.8. The number of aliphatic hydroxyl groups is 1. The molecule has 4 N–H and O–H groups in total. The summed E-state index contributed by atoms with van der Waals surface area (Å²) in [7, 11) is 1.25. The molecule has 0 heterocycles. The minimum atomic E-state index is -2.08. The molecule has 0 spiro atoms. The van der Waals surface area contributed by atoms with Crippen LogP contribution in [0.2, 0.25) is 0 Å². The monoisotopic (exact) mass is 388 g/mol. The van der Waals surface area contributed by atoms with Crippen molar-refractivity contribution in [2.45, 2.75) is 19.4 Å². The lowest BCUT2D eigenvalue weighted by Crippen LogP contribution is -2.47. The number of carbonyl (C=O) groups excluding carboxylic acids is 2. The smallest absolute Gasteiger partial charge is 0.339 e. The number of rotatable bonds is 5. The molecule has 1 unspecified atom stereocenters. The number of amides is 2. The summed E-state index contributed by atoms with van der Waals surface area (Å²) in [6.45, 7) is 2.21. The van der Waals surface area contributed by atoms with Crippen LogP contribution >= 0.6 is 15.9 Å². The molecule has 23 heavy (non-hydrogen) atoms. The molecule has 0 aromatic heterocycles. The first-order chi connectivity index (χ1) is 10.6. The lowest BCUT2D eigenvalue weighted by molar-refractivity contribution is -0.155. The summed E-state index contributed by atoms with van der Waals surface area (Å²) in [6, 6.07) is 2.43. The highest BCUT2D eigenvalue weighted by atomic mass is 79.9. The van der Waals surface area contributed by atoms with E-state index in [0.29, 0.717) is 15.7 Å². The minimum Gasteiger partial charge on any atom is -0.479 e. The summed E-state index contributed by atoms with van der Waals surface area (Å²) >= 11 is 3.23. The van der Waals surface area contributed by atoms with E-state index in [1.54, 1.807) is 19.1 Å². The molecule has 0 radical (unpaired) electrons. The molecule has 0 aliphatic carbocycles. The van der Waals surface area contributed by atoms with Gasteiger partial charge >= 0.3 is 18.0 Å². The Kier molecular flexibility index (Phi) is 6.11. The largest absolute Gasteiger partial charge is 0.479 e. The van der Waals surface area contributed by atoms with E-state index >= 15 is 0 Å². The fraction of sp³-hybridized carbons (Fsp3) is 0.357. The first-order valence-electron chi connectivity index (χ1n) is 6.48. The molecule has 2 amide bonds. The zero-order valence-electron chi connectivity index (χ0n) is 12.8. The number of halogens is 1. The Morgan fingerprint density at radius 1 is 1.35 bits per heavy atom. The molecule has 1 atom stereocenters. The Labute approximate surface area is 141 Å². The highest BCUT2D eigenvalue weighted by molar-refractivity contribution is 9.10. The predicted molar refractivity (Wildman–Crippen MR) is 85.5 cm³/mol. The minimum absolute atomic E-state index is 0.267. The first-order valence-corrected chi connectivity index (χ1v) is 7.27. The maximum Gasteiger partial charge on any atom is 0.339 e. The van der Waals surface area contributed by atoms with Crippen molar-refractivity contribution in [1.29, 1.82) is 0 Å². The van der Waals surface area contributed by atoms with Gasteiger partial charge in [0, 0.05) is 10.2 Å². The van der Waals surface area contributed by atoms with Crippen LogP contribution in [0.1, 0.15) is 22.8 Å². The van der Waals surface area contributed by atoms with E-state index in [0.717, 1.165) is 6.92 Å². The van der Waals surface area contributed by atoms with Gasteiger partial charge in [-0.05, 0) is 47.5 Å². The SMILES string of the molecule is COC(=O)c1c(Br)ccc(NC(=O)NCC(C)(O)C(=O)O)c1C. The molecule has 9 heteroatoms. The number of carbonyl (C=O) groups is 3. The summed E-state index contributed by atoms with van der Waals surface area (Å²) in [4.78, 5) is 34.3. The fourth-order valence-electron chi connectivity index (χ4n) is 1.66. The number of methoxy groups -OCH3 is 1. The van der Waals surface area contributed by atoms with Crippen molar-refractivity contribution in [1.82, 2.24) is 5.32 Å². The van der Waals surface area contributed by atoms with E-state index in [1.165, 1.54) is 7.11 Å². The number of aliphatic carboxylic acids is 1. The molecule has 0 aliphatic heterocycles. The van der Waals surface area contributed by atoms with Crippen LogP contribution in [0, 0.1) is 6.92 Å². The Morgan fingerprint density at radius 3 is 2.48 bits per heavy atom. The van der Waals surface area contributed by atoms with Gasteiger partial charge in [-0.2, -0.15) is 0 Å². The van der Waals surface area contributed by atoms with Gasteiger partial charge in [0.15, 0.2) is 5.60 Å². The number of carboxylic acids is 1. The van der Waals surface area contributed by atoms with E-state index in [9.17, 15) is 19.5 Å². The van der Waals surface area contributed by atoms with Crippen LogP contribution < -0.4 is 10.6 Å². The van der Waals surface area contributed by atoms with E-state index < -0.39 is 30.1 Å². The van der Waals surface area contributed by atoms with Crippen LogP contribution in [0.4, 0.5) is 10.5 Å². The Morgan fingerprint density at radius 2 is 1.96 bits per heavy atom. The summed E-state index contributed by atoms with van der Waals surface area (Å²) in [5, 5.41) is 23.0. The van der Waals surface area contributed by atoms with Crippen LogP contribution in [0.5, 0.6) is 0 Å². The van der Waals surface area contributed by atoms with Crippen LogP contribution in [0.25, 0.3) is 0 Å². The van der Waals surface area contributed by atoms with E-state index in [1.807, 2.05) is 0 Å². The molecule has 0 saturated heterocycles. The van der Waals surface area contributed by atoms with Gasteiger partial charge < -0.3 is 25.6 Å². The fourth-order valence-corrected chi connectivity index (χ4v) is 2.25. The second kappa shape index (κ2) is 7.42. The number of carboxylic acid groups (broad SMARTS) is 1. The number of hydrogen-bond donors (Lipinski definition) is 4. The predicted octanol–water partition coefficient (Wildman–Crippen LogP) is 1.50. The number of nitrogens with one attached hydrogen (secondary N) is 2. The summed E-state index contributed by atoms with van der Waals surface area (Å²) < 4.78 is 5.20. The molecule has 1 aromatic carbocycles. The van der Waals surface area contributed by atoms with Gasteiger partial charge in [-0.1, -0.05) is 0 Å². The van der Waals surface area contributed by atoms with Gasteiger partial charge in [0.1, 0.15) is 0 Å². The van der Waals surface area contributed by atoms with Crippen LogP contribution in [0.3, 0.4) is 0 Å². The quantitative estimate of drug-likeness (QED) is 0.566. The number of ether oxygens (including phenoxy) is 1. The molecular formula is C14H17BrN2O6. The molecule has 0 aliphatic rings. The molecule has 126 valence electrons. The summed E-state index contributed by atoms with van der Waals surface area (Å²) in [5.74, 6) is -2.02. The Bertz CT molecular complexity index is 644. The van der Waals surface area contributed by atoms with Crippen molar-refractivity contribution < 1.29 is 29.3 Å². The average Bonchev–Trinajstić information content (AvgIpc) is 2.48. The topological polar surface area (TPSA) is 125 Å². The maximum atomic E-state index is 11.8. The van der Waals surface area contributed by atoms with Gasteiger partial charge in [0.25, 0.3) is 0 Å². The van der Waals surface area contributed by atoms with E-state index in [-0.39, 0.29) is 5.56 Å². The third kappa shape index (κ3) is 4.67. The Balaban J connectivity index is 2.88. The number of anilines is 1. The molecule has 0 fully saturated rings. The second-order valence-electron chi connectivity index (χ2n) is 4.97. The second-order valence-corrected chi connectivity index (χ2v) is 5.83. The molecule has 8 nitrogen and oxygen atoms in total. The molecule has 1 rings (SSSR count). The third-order valence-corrected chi connectivity index (χ3v) is 3.77. The van der Waals surface area contributed by atoms with Crippen molar-refractivity contribution in [3.8, 4) is 0 Å². The Hall–Kier alpha value is -2.13. The van der Waals surface area contributed by atoms with Gasteiger partial charge in [-0.25, -0.2) is 14.4 Å². The average molecular weight is 389 g/mol. The number of urea groups is 1. The highest BCUT2D eigenvalue weighted by Gasteiger charge is 2.30. The van der Waals surface area contributed by atoms with Crippen LogP contribution in [-0.4, -0.2) is 47.4 Å². The number of benzene rings is 1. The van der Waals surface area contributed by atoms with Crippen molar-refractivity contribution >= 4 is 39.6 Å². The zero-order chi connectivity index (χ0) is 17.8.